The molecule has 0 aliphatic carbocycles. The second-order valence-electron chi connectivity index (χ2n) is 6.65. The number of hydrogen-bond donors (Lipinski definition) is 0. The number of fused-ring (bicyclic) bond motifs is 2. The first-order valence-corrected chi connectivity index (χ1v) is 9.68. The summed E-state index contributed by atoms with van der Waals surface area (Å²) in [5, 5.41) is 15.2. The van der Waals surface area contributed by atoms with Gasteiger partial charge in [0.1, 0.15) is 17.2 Å². The smallest absolute Gasteiger partial charge is 0.350 e. The fourth-order valence-electron chi connectivity index (χ4n) is 3.15. The number of pyridine rings is 1. The van der Waals surface area contributed by atoms with Crippen molar-refractivity contribution in [2.24, 2.45) is 12.1 Å². The monoisotopic (exact) mass is 413 g/mol. The Bertz CT molecular complexity index is 1430. The molecule has 5 aromatic rings. The lowest BCUT2D eigenvalue weighted by Gasteiger charge is -2.16. The molecule has 0 amide bonds. The van der Waals surface area contributed by atoms with E-state index < -0.39 is 0 Å². The average molecular weight is 414 g/mol. The van der Waals surface area contributed by atoms with Crippen LogP contribution < -0.4 is 9.87 Å². The highest BCUT2D eigenvalue weighted by Gasteiger charge is 2.17. The number of hydrogen-bond acceptors (Lipinski definition) is 4. The molecule has 0 fully saturated rings. The van der Waals surface area contributed by atoms with E-state index in [1.165, 1.54) is 0 Å². The normalized spacial score (nSPS) is 11.9. The van der Waals surface area contributed by atoms with Crippen LogP contribution in [0.3, 0.4) is 0 Å². The van der Waals surface area contributed by atoms with Crippen molar-refractivity contribution in [2.75, 3.05) is 0 Å². The molecule has 0 aliphatic heterocycles. The molecule has 0 spiro atoms. The quantitative estimate of drug-likeness (QED) is 0.255. The average Bonchev–Trinajstić information content (AvgIpc) is 2.79. The fourth-order valence-corrected chi connectivity index (χ4v) is 3.27. The Labute approximate surface area is 176 Å². The van der Waals surface area contributed by atoms with E-state index in [0.29, 0.717) is 32.9 Å². The predicted molar refractivity (Wildman–Crippen MR) is 115 cm³/mol. The molecule has 146 valence electrons. The first kappa shape index (κ1) is 18.2. The van der Waals surface area contributed by atoms with Crippen molar-refractivity contribution in [3.63, 3.8) is 0 Å². The number of nitrogens with zero attached hydrogens (tertiary/aromatic N) is 7. The lowest BCUT2D eigenvalue weighted by molar-refractivity contribution is -0.580. The summed E-state index contributed by atoms with van der Waals surface area (Å²) >= 11 is 5.98. The third-order valence-corrected chi connectivity index (χ3v) is 4.85. The first-order chi connectivity index (χ1) is 14.7. The Hall–Kier alpha value is -3.84. The number of aromatic nitrogens is 5. The van der Waals surface area contributed by atoms with Gasteiger partial charge in [0.25, 0.3) is 5.65 Å². The van der Waals surface area contributed by atoms with Crippen molar-refractivity contribution in [3.05, 3.63) is 94.8 Å². The summed E-state index contributed by atoms with van der Waals surface area (Å²) in [6.45, 7) is 0. The van der Waals surface area contributed by atoms with Gasteiger partial charge in [-0.05, 0) is 23.2 Å². The molecule has 7 nitrogen and oxygen atoms in total. The maximum Gasteiger partial charge on any atom is 0.350 e. The van der Waals surface area contributed by atoms with Crippen molar-refractivity contribution >= 4 is 34.1 Å². The fraction of sp³-hybridized carbons (Fsp3) is 0.0455. The highest BCUT2D eigenvalue weighted by atomic mass is 35.5. The Kier molecular flexibility index (Phi) is 4.57. The van der Waals surface area contributed by atoms with E-state index in [-0.39, 0.29) is 0 Å². The van der Waals surface area contributed by atoms with Crippen LogP contribution in [0, 0.1) is 0 Å². The summed E-state index contributed by atoms with van der Waals surface area (Å²) in [6, 6.07) is 22.7. The van der Waals surface area contributed by atoms with Gasteiger partial charge >= 0.3 is 5.65 Å². The van der Waals surface area contributed by atoms with Crippen molar-refractivity contribution in [2.45, 2.75) is 0 Å². The second kappa shape index (κ2) is 7.53. The Morgan fingerprint density at radius 1 is 0.967 bits per heavy atom. The molecule has 3 aromatic heterocycles. The van der Waals surface area contributed by atoms with Crippen LogP contribution in [0.4, 0.5) is 5.69 Å². The minimum atomic E-state index is 0.551. The molecule has 0 atom stereocenters. The molecule has 3 heterocycles. The van der Waals surface area contributed by atoms with E-state index in [2.05, 4.69) is 10.5 Å². The van der Waals surface area contributed by atoms with E-state index in [1.807, 2.05) is 73.9 Å². The number of benzene rings is 2. The molecule has 8 heteroatoms. The summed E-state index contributed by atoms with van der Waals surface area (Å²) in [7, 11) is 1.85. The van der Waals surface area contributed by atoms with Gasteiger partial charge in [0.15, 0.2) is 0 Å². The van der Waals surface area contributed by atoms with Gasteiger partial charge < -0.3 is 10.5 Å². The van der Waals surface area contributed by atoms with Gasteiger partial charge in [0, 0.05) is 23.7 Å². The predicted octanol–water partition coefficient (Wildman–Crippen LogP) is 3.94. The molecule has 0 bridgehead atoms. The summed E-state index contributed by atoms with van der Waals surface area (Å²) in [5.74, 6) is 0. The third kappa shape index (κ3) is 3.35. The Morgan fingerprint density at radius 2 is 1.73 bits per heavy atom. The van der Waals surface area contributed by atoms with Gasteiger partial charge in [-0.3, -0.25) is 0 Å². The third-order valence-electron chi connectivity index (χ3n) is 4.60. The highest BCUT2D eigenvalue weighted by Crippen LogP contribution is 2.22. The van der Waals surface area contributed by atoms with Crippen molar-refractivity contribution in [1.82, 2.24) is 19.9 Å². The van der Waals surface area contributed by atoms with Crippen molar-refractivity contribution in [1.29, 1.82) is 0 Å². The number of rotatable bonds is 3. The zero-order valence-corrected chi connectivity index (χ0v) is 16.8. The van der Waals surface area contributed by atoms with Crippen LogP contribution in [-0.4, -0.2) is 19.9 Å². The van der Waals surface area contributed by atoms with Crippen LogP contribution in [-0.2, 0) is 7.05 Å². The van der Waals surface area contributed by atoms with Crippen molar-refractivity contribution < 1.29 is 4.52 Å². The van der Waals surface area contributed by atoms with Gasteiger partial charge in [-0.2, -0.15) is 5.10 Å². The van der Waals surface area contributed by atoms with E-state index >= 15 is 0 Å². The topological polar surface area (TPSA) is 74.2 Å². The molecular formula is C22H16ClN7. The zero-order valence-electron chi connectivity index (χ0n) is 16.0. The van der Waals surface area contributed by atoms with Crippen molar-refractivity contribution in [3.8, 4) is 11.3 Å². The van der Waals surface area contributed by atoms with Gasteiger partial charge in [0.05, 0.1) is 0 Å². The van der Waals surface area contributed by atoms with Crippen LogP contribution in [0.15, 0.2) is 84.1 Å². The minimum Gasteiger partial charge on any atom is -0.575 e. The molecule has 2 aromatic carbocycles. The molecule has 0 unspecified atom stereocenters. The SMILES string of the molecule is Cn1nc(-c2ccccc2)c(=N[N-]c2ccc(Cl)cc2)c2n[n+]3ccccc3nc21. The summed E-state index contributed by atoms with van der Waals surface area (Å²) < 4.78 is 3.44. The van der Waals surface area contributed by atoms with Crippen LogP contribution in [0.2, 0.25) is 5.02 Å². The Morgan fingerprint density at radius 3 is 2.53 bits per heavy atom. The van der Waals surface area contributed by atoms with Crippen LogP contribution >= 0.6 is 11.6 Å². The molecule has 0 saturated heterocycles. The standard InChI is InChI=1S/C22H16ClN7/c1-29-22-21(28-30-14-6-5-9-18(30)24-22)20(19(27-29)15-7-3-2-4-8-15)26-25-17-12-10-16(23)11-13-17/h2-14H,1H3. The lowest BCUT2D eigenvalue weighted by atomic mass is 10.1. The molecule has 0 N–H and O–H groups in total. The van der Waals surface area contributed by atoms with Crippen LogP contribution in [0.25, 0.3) is 33.5 Å². The van der Waals surface area contributed by atoms with Gasteiger partial charge in [-0.25, -0.2) is 4.68 Å². The molecule has 5 rings (SSSR count). The van der Waals surface area contributed by atoms with Gasteiger partial charge in [-0.1, -0.05) is 65.2 Å². The zero-order chi connectivity index (χ0) is 20.5. The lowest BCUT2D eigenvalue weighted by Crippen LogP contribution is -2.31. The maximum atomic E-state index is 5.98. The molecule has 0 aliphatic rings. The maximum absolute atomic E-state index is 5.98. The highest BCUT2D eigenvalue weighted by molar-refractivity contribution is 6.30. The van der Waals surface area contributed by atoms with E-state index in [0.717, 1.165) is 11.2 Å². The van der Waals surface area contributed by atoms with E-state index in [1.54, 1.807) is 21.3 Å². The number of halogens is 1. The minimum absolute atomic E-state index is 0.551. The number of aryl methyl sites for hydroxylation is 1. The van der Waals surface area contributed by atoms with E-state index in [9.17, 15) is 0 Å². The molecule has 0 radical (unpaired) electrons. The second-order valence-corrected chi connectivity index (χ2v) is 7.09. The summed E-state index contributed by atoms with van der Waals surface area (Å²) in [4.78, 5) is 4.72. The molecule has 30 heavy (non-hydrogen) atoms. The largest absolute Gasteiger partial charge is 0.575 e. The summed E-state index contributed by atoms with van der Waals surface area (Å²) in [6.07, 6.45) is 1.85. The van der Waals surface area contributed by atoms with Gasteiger partial charge in [0.2, 0.25) is 5.52 Å². The van der Waals surface area contributed by atoms with Crippen LogP contribution in [0.5, 0.6) is 0 Å². The van der Waals surface area contributed by atoms with Crippen LogP contribution in [0.1, 0.15) is 0 Å². The van der Waals surface area contributed by atoms with Gasteiger partial charge in [-0.15, -0.1) is 10.2 Å². The van der Waals surface area contributed by atoms with E-state index in [4.69, 9.17) is 26.8 Å². The Balaban J connectivity index is 1.81. The molecular weight excluding hydrogens is 398 g/mol. The summed E-state index contributed by atoms with van der Waals surface area (Å²) in [5.41, 5.74) is 8.62. The first-order valence-electron chi connectivity index (χ1n) is 9.30. The molecule has 0 saturated carbocycles.